The Labute approximate surface area is 164 Å². The van der Waals surface area contributed by atoms with Crippen molar-refractivity contribution in [2.75, 3.05) is 46.8 Å². The second-order valence-corrected chi connectivity index (χ2v) is 7.27. The Hall–Kier alpha value is -2.74. The monoisotopic (exact) mass is 387 g/mol. The molecule has 2 amide bonds. The molecule has 0 saturated carbocycles. The Morgan fingerprint density at radius 1 is 1.07 bits per heavy atom. The topological polar surface area (TPSA) is 61.7 Å². The van der Waals surface area contributed by atoms with Crippen LogP contribution in [-0.4, -0.2) is 83.1 Å². The fraction of sp³-hybridized carbons (Fsp3) is 0.450. The summed E-state index contributed by atoms with van der Waals surface area (Å²) in [4.78, 5) is 30.6. The van der Waals surface area contributed by atoms with Gasteiger partial charge in [-0.1, -0.05) is 0 Å². The zero-order valence-electron chi connectivity index (χ0n) is 16.6. The number of hydrogen-bond acceptors (Lipinski definition) is 4. The highest BCUT2D eigenvalue weighted by Gasteiger charge is 2.26. The molecular formula is C20H26FN5O2. The predicted molar refractivity (Wildman–Crippen MR) is 104 cm³/mol. The van der Waals surface area contributed by atoms with E-state index in [1.54, 1.807) is 34.8 Å². The normalized spacial score (nSPS) is 14.6. The maximum atomic E-state index is 13.1. The molecule has 1 fully saturated rings. The van der Waals surface area contributed by atoms with E-state index in [1.807, 2.05) is 23.9 Å². The molecule has 8 heteroatoms. The molecule has 0 spiro atoms. The molecule has 28 heavy (non-hydrogen) atoms. The number of amides is 2. The van der Waals surface area contributed by atoms with E-state index >= 15 is 0 Å². The Morgan fingerprint density at radius 3 is 2.29 bits per heavy atom. The van der Waals surface area contributed by atoms with Gasteiger partial charge in [-0.25, -0.2) is 4.39 Å². The van der Waals surface area contributed by atoms with Crippen LogP contribution in [0.5, 0.6) is 0 Å². The minimum atomic E-state index is -0.305. The zero-order chi connectivity index (χ0) is 20.3. The third-order valence-corrected chi connectivity index (χ3v) is 4.93. The molecule has 150 valence electrons. The van der Waals surface area contributed by atoms with Crippen molar-refractivity contribution in [3.05, 3.63) is 41.8 Å². The number of carbonyl (C=O) groups is 2. The molecule has 1 aliphatic rings. The van der Waals surface area contributed by atoms with Crippen LogP contribution in [0.2, 0.25) is 0 Å². The van der Waals surface area contributed by atoms with Gasteiger partial charge in [0.25, 0.3) is 5.91 Å². The smallest absolute Gasteiger partial charge is 0.274 e. The molecule has 0 unspecified atom stereocenters. The summed E-state index contributed by atoms with van der Waals surface area (Å²) in [6, 6.07) is 7.83. The van der Waals surface area contributed by atoms with E-state index in [2.05, 4.69) is 5.10 Å². The molecule has 0 aliphatic carbocycles. The van der Waals surface area contributed by atoms with Gasteiger partial charge in [-0.15, -0.1) is 0 Å². The van der Waals surface area contributed by atoms with Crippen molar-refractivity contribution < 1.29 is 14.0 Å². The molecule has 1 aliphatic heterocycles. The van der Waals surface area contributed by atoms with E-state index in [0.29, 0.717) is 38.3 Å². The van der Waals surface area contributed by atoms with Crippen molar-refractivity contribution in [2.24, 2.45) is 7.05 Å². The van der Waals surface area contributed by atoms with Crippen LogP contribution in [0.15, 0.2) is 30.3 Å². The largest absolute Gasteiger partial charge is 0.339 e. The first-order valence-electron chi connectivity index (χ1n) is 9.37. The first-order valence-corrected chi connectivity index (χ1v) is 9.37. The van der Waals surface area contributed by atoms with Gasteiger partial charge in [0.05, 0.1) is 5.69 Å². The van der Waals surface area contributed by atoms with E-state index < -0.39 is 0 Å². The lowest BCUT2D eigenvalue weighted by Crippen LogP contribution is -2.51. The summed E-state index contributed by atoms with van der Waals surface area (Å²) in [5.41, 5.74) is 1.90. The van der Waals surface area contributed by atoms with Gasteiger partial charge in [0.2, 0.25) is 5.91 Å². The number of carbonyl (C=O) groups excluding carboxylic acids is 2. The van der Waals surface area contributed by atoms with E-state index in [4.69, 9.17) is 0 Å². The highest BCUT2D eigenvalue weighted by Crippen LogP contribution is 2.21. The highest BCUT2D eigenvalue weighted by molar-refractivity contribution is 5.93. The Bertz CT molecular complexity index is 839. The first kappa shape index (κ1) is 20.0. The minimum Gasteiger partial charge on any atom is -0.339 e. The molecule has 0 bridgehead atoms. The van der Waals surface area contributed by atoms with Gasteiger partial charge in [0.15, 0.2) is 5.69 Å². The summed E-state index contributed by atoms with van der Waals surface area (Å²) in [6.45, 7) is 2.79. The average Bonchev–Trinajstić information content (AvgIpc) is 3.08. The van der Waals surface area contributed by atoms with Gasteiger partial charge < -0.3 is 14.7 Å². The van der Waals surface area contributed by atoms with Crippen LogP contribution >= 0.6 is 0 Å². The number of aromatic nitrogens is 2. The van der Waals surface area contributed by atoms with Gasteiger partial charge in [-0.05, 0) is 50.0 Å². The molecule has 0 atom stereocenters. The number of benzene rings is 1. The summed E-state index contributed by atoms with van der Waals surface area (Å²) in [5.74, 6) is -0.332. The third kappa shape index (κ3) is 4.56. The predicted octanol–water partition coefficient (Wildman–Crippen LogP) is 1.46. The lowest BCUT2D eigenvalue weighted by molar-refractivity contribution is -0.132. The fourth-order valence-electron chi connectivity index (χ4n) is 3.26. The van der Waals surface area contributed by atoms with Gasteiger partial charge in [0, 0.05) is 46.2 Å². The number of halogens is 1. The van der Waals surface area contributed by atoms with E-state index in [-0.39, 0.29) is 17.6 Å². The van der Waals surface area contributed by atoms with Crippen molar-refractivity contribution in [1.29, 1.82) is 0 Å². The van der Waals surface area contributed by atoms with Gasteiger partial charge in [0.1, 0.15) is 5.82 Å². The van der Waals surface area contributed by atoms with Crippen molar-refractivity contribution in [3.8, 4) is 11.3 Å². The zero-order valence-corrected chi connectivity index (χ0v) is 16.6. The molecule has 1 saturated heterocycles. The van der Waals surface area contributed by atoms with E-state index in [1.165, 1.54) is 12.1 Å². The minimum absolute atomic E-state index is 0.122. The SMILES string of the molecule is CN(C)CCC(=O)N1CCN(C(=O)c2cc(-c3ccc(F)cc3)n(C)n2)CC1. The molecule has 3 rings (SSSR count). The quantitative estimate of drug-likeness (QED) is 0.779. The number of hydrogen-bond donors (Lipinski definition) is 0. The van der Waals surface area contributed by atoms with Crippen LogP contribution in [-0.2, 0) is 11.8 Å². The molecule has 2 aromatic rings. The molecule has 0 N–H and O–H groups in total. The summed E-state index contributed by atoms with van der Waals surface area (Å²) in [7, 11) is 5.64. The number of piperazine rings is 1. The van der Waals surface area contributed by atoms with Crippen molar-refractivity contribution >= 4 is 11.8 Å². The summed E-state index contributed by atoms with van der Waals surface area (Å²) in [6.07, 6.45) is 0.488. The Morgan fingerprint density at radius 2 is 1.68 bits per heavy atom. The second-order valence-electron chi connectivity index (χ2n) is 7.27. The van der Waals surface area contributed by atoms with E-state index in [9.17, 15) is 14.0 Å². The number of nitrogens with zero attached hydrogens (tertiary/aromatic N) is 5. The summed E-state index contributed by atoms with van der Waals surface area (Å²) in [5, 5.41) is 4.33. The Balaban J connectivity index is 1.62. The van der Waals surface area contributed by atoms with Crippen molar-refractivity contribution in [3.63, 3.8) is 0 Å². The van der Waals surface area contributed by atoms with Crippen LogP contribution in [0.25, 0.3) is 11.3 Å². The van der Waals surface area contributed by atoms with Gasteiger partial charge in [-0.2, -0.15) is 5.10 Å². The van der Waals surface area contributed by atoms with E-state index in [0.717, 1.165) is 17.8 Å². The molecular weight excluding hydrogens is 361 g/mol. The Kier molecular flexibility index (Phi) is 6.08. The van der Waals surface area contributed by atoms with Crippen LogP contribution in [0.4, 0.5) is 4.39 Å². The third-order valence-electron chi connectivity index (χ3n) is 4.93. The average molecular weight is 387 g/mol. The maximum absolute atomic E-state index is 13.1. The second kappa shape index (κ2) is 8.52. The van der Waals surface area contributed by atoms with Crippen LogP contribution in [0.1, 0.15) is 16.9 Å². The van der Waals surface area contributed by atoms with Crippen LogP contribution in [0.3, 0.4) is 0 Å². The van der Waals surface area contributed by atoms with Crippen molar-refractivity contribution in [2.45, 2.75) is 6.42 Å². The molecule has 0 radical (unpaired) electrons. The lowest BCUT2D eigenvalue weighted by atomic mass is 10.1. The standard InChI is InChI=1S/C20H26FN5O2/c1-23(2)9-8-19(27)25-10-12-26(13-11-25)20(28)17-14-18(24(3)22-17)15-4-6-16(21)7-5-15/h4-7,14H,8-13H2,1-3H3. The molecule has 2 heterocycles. The molecule has 1 aromatic heterocycles. The highest BCUT2D eigenvalue weighted by atomic mass is 19.1. The van der Waals surface area contributed by atoms with Crippen LogP contribution < -0.4 is 0 Å². The van der Waals surface area contributed by atoms with Gasteiger partial charge in [-0.3, -0.25) is 14.3 Å². The lowest BCUT2D eigenvalue weighted by Gasteiger charge is -2.34. The number of rotatable bonds is 5. The maximum Gasteiger partial charge on any atom is 0.274 e. The van der Waals surface area contributed by atoms with Gasteiger partial charge >= 0.3 is 0 Å². The van der Waals surface area contributed by atoms with Crippen LogP contribution in [0, 0.1) is 5.82 Å². The summed E-state index contributed by atoms with van der Waals surface area (Å²) < 4.78 is 14.8. The molecule has 1 aromatic carbocycles. The number of aryl methyl sites for hydroxylation is 1. The summed E-state index contributed by atoms with van der Waals surface area (Å²) >= 11 is 0. The van der Waals surface area contributed by atoms with Crippen molar-refractivity contribution in [1.82, 2.24) is 24.5 Å². The first-order chi connectivity index (χ1) is 13.3. The molecule has 7 nitrogen and oxygen atoms in total. The fourth-order valence-corrected chi connectivity index (χ4v) is 3.26.